The van der Waals surface area contributed by atoms with Crippen molar-refractivity contribution in [2.75, 3.05) is 12.3 Å². The molecule has 0 spiro atoms. The highest BCUT2D eigenvalue weighted by Gasteiger charge is 2.32. The molecule has 0 radical (unpaired) electrons. The molecule has 1 heterocycles. The van der Waals surface area contributed by atoms with Gasteiger partial charge in [0.05, 0.1) is 10.2 Å². The van der Waals surface area contributed by atoms with Crippen molar-refractivity contribution < 1.29 is 23.1 Å². The predicted octanol–water partition coefficient (Wildman–Crippen LogP) is 3.25. The van der Waals surface area contributed by atoms with Crippen LogP contribution < -0.4 is 5.73 Å². The molecule has 1 aromatic heterocycles. The monoisotopic (exact) mass is 407 g/mol. The maximum atomic E-state index is 12.2. The van der Waals surface area contributed by atoms with Gasteiger partial charge in [0, 0.05) is 16.7 Å². The summed E-state index contributed by atoms with van der Waals surface area (Å²) in [5, 5.41) is 0.802. The lowest BCUT2D eigenvalue weighted by atomic mass is 9.86. The van der Waals surface area contributed by atoms with E-state index in [0.29, 0.717) is 12.8 Å². The first-order chi connectivity index (χ1) is 11.6. The minimum Gasteiger partial charge on any atom is -0.610 e. The molecule has 1 aliphatic carbocycles. The number of nitrogens with two attached hydrogens (primary N) is 1. The third-order valence-corrected chi connectivity index (χ3v) is 8.12. The highest BCUT2D eigenvalue weighted by atomic mass is 35.5. The summed E-state index contributed by atoms with van der Waals surface area (Å²) in [5.41, 5.74) is 5.71. The number of carbonyl (C=O) groups is 2. The van der Waals surface area contributed by atoms with Crippen molar-refractivity contribution in [2.45, 2.75) is 55.1 Å². The van der Waals surface area contributed by atoms with E-state index in [0.717, 1.165) is 24.2 Å². The molecule has 1 unspecified atom stereocenters. The van der Waals surface area contributed by atoms with Crippen LogP contribution in [0.3, 0.4) is 0 Å². The molecule has 1 fully saturated rings. The minimum atomic E-state index is -3.58. The number of halogens is 1. The lowest BCUT2D eigenvalue weighted by Crippen LogP contribution is -2.26. The Hall–Kier alpha value is -0.960. The number of thiophene rings is 1. The van der Waals surface area contributed by atoms with Gasteiger partial charge in [0.15, 0.2) is 17.3 Å². The van der Waals surface area contributed by atoms with E-state index in [2.05, 4.69) is 0 Å². The average molecular weight is 408 g/mol. The van der Waals surface area contributed by atoms with Crippen molar-refractivity contribution in [3.63, 3.8) is 0 Å². The standard InChI is InChI=1S/C16H22ClNO5S2/c1-9(2)25(21,22)13-8-24-15(14(13)18)16(20)23-7-12(19)10-3-5-11(17)6-4-10/h8-11H,3-7H2,1-2H3,(H2-,18,20,21,22). The second-order valence-corrected chi connectivity index (χ2v) is 10.4. The first-order valence-electron chi connectivity index (χ1n) is 8.09. The van der Waals surface area contributed by atoms with E-state index in [1.165, 1.54) is 5.38 Å². The highest BCUT2D eigenvalue weighted by molar-refractivity contribution is 7.98. The van der Waals surface area contributed by atoms with Crippen LogP contribution in [0.5, 0.6) is 0 Å². The molecular weight excluding hydrogens is 386 g/mol. The number of ketones is 1. The number of nitrogen functional groups attached to an aromatic ring is 1. The van der Waals surface area contributed by atoms with Crippen LogP contribution in [0.1, 0.15) is 49.2 Å². The van der Waals surface area contributed by atoms with E-state index < -0.39 is 21.4 Å². The molecular formula is C16H22ClNO5S2. The summed E-state index contributed by atoms with van der Waals surface area (Å²) in [6.07, 6.45) is 2.95. The largest absolute Gasteiger partial charge is 0.610 e. The number of sulfone groups is 1. The van der Waals surface area contributed by atoms with Crippen LogP contribution in [-0.4, -0.2) is 33.5 Å². The fraction of sp³-hybridized carbons (Fsp3) is 0.625. The van der Waals surface area contributed by atoms with E-state index in [1.807, 2.05) is 0 Å². The van der Waals surface area contributed by atoms with E-state index in [9.17, 15) is 18.4 Å². The normalized spacial score (nSPS) is 23.2. The SMILES string of the molecule is CC(C)[S+](=O)([O-])c1csc(C(=O)OCC(=O)C2CCC(Cl)CC2)c1N. The number of esters is 1. The van der Waals surface area contributed by atoms with E-state index >= 15 is 0 Å². The lowest BCUT2D eigenvalue weighted by Gasteiger charge is -2.23. The summed E-state index contributed by atoms with van der Waals surface area (Å²) in [4.78, 5) is 24.2. The number of anilines is 1. The molecule has 1 atom stereocenters. The second-order valence-electron chi connectivity index (χ2n) is 6.43. The number of ether oxygens (including phenoxy) is 1. The van der Waals surface area contributed by atoms with E-state index in [-0.39, 0.29) is 39.1 Å². The van der Waals surface area contributed by atoms with Gasteiger partial charge < -0.3 is 15.0 Å². The van der Waals surface area contributed by atoms with Crippen molar-refractivity contribution in [2.24, 2.45) is 5.92 Å². The highest BCUT2D eigenvalue weighted by Crippen LogP contribution is 2.35. The Labute approximate surface area is 157 Å². The molecule has 9 heteroatoms. The van der Waals surface area contributed by atoms with Crippen molar-refractivity contribution in [3.05, 3.63) is 10.3 Å². The maximum absolute atomic E-state index is 12.2. The Morgan fingerprint density at radius 2 is 2.00 bits per heavy atom. The van der Waals surface area contributed by atoms with Crippen LogP contribution in [0.4, 0.5) is 5.69 Å². The summed E-state index contributed by atoms with van der Waals surface area (Å²) >= 11 is 6.92. The van der Waals surface area contributed by atoms with E-state index in [1.54, 1.807) is 13.8 Å². The summed E-state index contributed by atoms with van der Waals surface area (Å²) in [7, 11) is -3.58. The number of hydrogen-bond acceptors (Lipinski definition) is 7. The van der Waals surface area contributed by atoms with Gasteiger partial charge in [-0.25, -0.2) is 4.79 Å². The third kappa shape index (κ3) is 4.61. The second kappa shape index (κ2) is 8.16. The molecule has 2 rings (SSSR count). The van der Waals surface area contributed by atoms with Gasteiger partial charge in [-0.05, 0) is 39.5 Å². The van der Waals surface area contributed by atoms with Crippen LogP contribution in [0.2, 0.25) is 0 Å². The number of Topliss-reactive ketones (excluding diaryl/α,β-unsaturated/α-hetero) is 1. The summed E-state index contributed by atoms with van der Waals surface area (Å²) in [6.45, 7) is 2.75. The molecule has 0 saturated heterocycles. The molecule has 1 aliphatic rings. The molecule has 2 N–H and O–H groups in total. The zero-order chi connectivity index (χ0) is 18.8. The molecule has 1 saturated carbocycles. The minimum absolute atomic E-state index is 0.0106. The molecule has 6 nitrogen and oxygen atoms in total. The van der Waals surface area contributed by atoms with Crippen LogP contribution >= 0.6 is 22.9 Å². The van der Waals surface area contributed by atoms with Gasteiger partial charge in [0.2, 0.25) is 0 Å². The van der Waals surface area contributed by atoms with Gasteiger partial charge in [-0.2, -0.15) is 0 Å². The number of rotatable bonds is 6. The zero-order valence-corrected chi connectivity index (χ0v) is 16.5. The molecule has 1 aromatic rings. The Balaban J connectivity index is 1.99. The Morgan fingerprint density at radius 3 is 2.56 bits per heavy atom. The van der Waals surface area contributed by atoms with Gasteiger partial charge in [-0.1, -0.05) is 0 Å². The first-order valence-corrected chi connectivity index (χ1v) is 11.0. The maximum Gasteiger partial charge on any atom is 0.351 e. The fourth-order valence-electron chi connectivity index (χ4n) is 2.68. The topological polar surface area (TPSA) is 110 Å². The molecule has 140 valence electrons. The van der Waals surface area contributed by atoms with Crippen LogP contribution in [0.15, 0.2) is 10.3 Å². The summed E-state index contributed by atoms with van der Waals surface area (Å²) in [5.74, 6) is -1.05. The predicted molar refractivity (Wildman–Crippen MR) is 97.9 cm³/mol. The van der Waals surface area contributed by atoms with Crippen LogP contribution in [0, 0.1) is 5.92 Å². The van der Waals surface area contributed by atoms with Gasteiger partial charge in [0.1, 0.15) is 15.8 Å². The smallest absolute Gasteiger partial charge is 0.351 e. The average Bonchev–Trinajstić information content (AvgIpc) is 2.95. The van der Waals surface area contributed by atoms with Gasteiger partial charge in [0.25, 0.3) is 0 Å². The Kier molecular flexibility index (Phi) is 6.64. The fourth-order valence-corrected chi connectivity index (χ4v) is 5.34. The number of alkyl halides is 1. The molecule has 0 aliphatic heterocycles. The van der Waals surface area contributed by atoms with Crippen molar-refractivity contribution in [1.82, 2.24) is 0 Å². The lowest BCUT2D eigenvalue weighted by molar-refractivity contribution is -0.126. The third-order valence-electron chi connectivity index (χ3n) is 4.36. The number of carbonyl (C=O) groups excluding carboxylic acids is 2. The Morgan fingerprint density at radius 1 is 1.40 bits per heavy atom. The summed E-state index contributed by atoms with van der Waals surface area (Å²) < 4.78 is 29.4. The quantitative estimate of drug-likeness (QED) is 0.440. The first kappa shape index (κ1) is 20.4. The van der Waals surface area contributed by atoms with Crippen LogP contribution in [0.25, 0.3) is 0 Å². The zero-order valence-electron chi connectivity index (χ0n) is 14.2. The van der Waals surface area contributed by atoms with Gasteiger partial charge in [-0.15, -0.1) is 27.1 Å². The summed E-state index contributed by atoms with van der Waals surface area (Å²) in [6, 6.07) is 0. The van der Waals surface area contributed by atoms with Crippen molar-refractivity contribution >= 4 is 50.6 Å². The molecule has 0 bridgehead atoms. The van der Waals surface area contributed by atoms with Crippen molar-refractivity contribution in [3.8, 4) is 0 Å². The van der Waals surface area contributed by atoms with Crippen LogP contribution in [-0.2, 0) is 24.0 Å². The molecule has 25 heavy (non-hydrogen) atoms. The Bertz CT molecular complexity index is 695. The molecule has 0 aromatic carbocycles. The number of hydrogen-bond donors (Lipinski definition) is 1. The van der Waals surface area contributed by atoms with Gasteiger partial charge >= 0.3 is 5.97 Å². The molecule has 0 amide bonds. The van der Waals surface area contributed by atoms with E-state index in [4.69, 9.17) is 22.1 Å². The van der Waals surface area contributed by atoms with Crippen molar-refractivity contribution in [1.29, 1.82) is 0 Å². The van der Waals surface area contributed by atoms with Gasteiger partial charge in [-0.3, -0.25) is 4.79 Å².